The summed E-state index contributed by atoms with van der Waals surface area (Å²) in [6.07, 6.45) is 0. The van der Waals surface area contributed by atoms with E-state index in [-0.39, 0.29) is 0 Å². The third kappa shape index (κ3) is 0.870. The molecule has 0 bridgehead atoms. The summed E-state index contributed by atoms with van der Waals surface area (Å²) in [5.74, 6) is 2.26. The van der Waals surface area contributed by atoms with Gasteiger partial charge in [-0.15, -0.1) is 17.3 Å². The Bertz CT molecular complexity index is 240. The lowest BCUT2D eigenvalue weighted by atomic mass is 10.3. The predicted molar refractivity (Wildman–Crippen MR) is 48.9 cm³/mol. The van der Waals surface area contributed by atoms with Gasteiger partial charge in [-0.05, 0) is 0 Å². The molecule has 66 valence electrons. The maximum absolute atomic E-state index is 3.39. The van der Waals surface area contributed by atoms with Gasteiger partial charge in [0.15, 0.2) is 0 Å². The SMILES string of the molecule is C1CN2NN3CSCC3=C2CN1. The molecule has 0 unspecified atom stereocenters. The normalized spacial score (nSPS) is 28.0. The summed E-state index contributed by atoms with van der Waals surface area (Å²) in [5.41, 5.74) is 6.32. The first-order valence-corrected chi connectivity index (χ1v) is 5.42. The molecule has 0 amide bonds. The van der Waals surface area contributed by atoms with Crippen molar-refractivity contribution < 1.29 is 0 Å². The van der Waals surface area contributed by atoms with Gasteiger partial charge in [0, 0.05) is 25.4 Å². The van der Waals surface area contributed by atoms with Gasteiger partial charge in [0.2, 0.25) is 0 Å². The zero-order valence-electron chi connectivity index (χ0n) is 6.84. The molecule has 3 aliphatic heterocycles. The van der Waals surface area contributed by atoms with Crippen molar-refractivity contribution >= 4 is 11.8 Å². The molecule has 3 aliphatic rings. The lowest BCUT2D eigenvalue weighted by Gasteiger charge is -2.27. The smallest absolute Gasteiger partial charge is 0.0818 e. The molecule has 0 aromatic heterocycles. The number of piperazine rings is 1. The van der Waals surface area contributed by atoms with Crippen molar-refractivity contribution in [3.05, 3.63) is 11.4 Å². The van der Waals surface area contributed by atoms with Gasteiger partial charge in [0.25, 0.3) is 0 Å². The Labute approximate surface area is 75.9 Å². The zero-order chi connectivity index (χ0) is 7.97. The highest BCUT2D eigenvalue weighted by molar-refractivity contribution is 7.99. The molecule has 0 aromatic rings. The summed E-state index contributed by atoms with van der Waals surface area (Å²) in [6, 6.07) is 0. The average molecular weight is 184 g/mol. The van der Waals surface area contributed by atoms with E-state index >= 15 is 0 Å². The van der Waals surface area contributed by atoms with E-state index in [1.165, 1.54) is 17.1 Å². The molecule has 4 nitrogen and oxygen atoms in total. The Morgan fingerprint density at radius 1 is 1.25 bits per heavy atom. The zero-order valence-corrected chi connectivity index (χ0v) is 7.65. The van der Waals surface area contributed by atoms with Gasteiger partial charge in [-0.2, -0.15) is 0 Å². The van der Waals surface area contributed by atoms with Crippen molar-refractivity contribution in [3.8, 4) is 0 Å². The van der Waals surface area contributed by atoms with Crippen LogP contribution < -0.4 is 10.9 Å². The van der Waals surface area contributed by atoms with Crippen molar-refractivity contribution in [2.45, 2.75) is 0 Å². The summed E-state index contributed by atoms with van der Waals surface area (Å²) in [5, 5.41) is 7.92. The number of thioether (sulfide) groups is 1. The van der Waals surface area contributed by atoms with Crippen LogP contribution in [-0.2, 0) is 0 Å². The van der Waals surface area contributed by atoms with Gasteiger partial charge in [0.05, 0.1) is 17.3 Å². The second kappa shape index (κ2) is 2.55. The largest absolute Gasteiger partial charge is 0.309 e. The van der Waals surface area contributed by atoms with Crippen LogP contribution in [0.25, 0.3) is 0 Å². The minimum Gasteiger partial charge on any atom is -0.309 e. The molecule has 0 radical (unpaired) electrons. The van der Waals surface area contributed by atoms with Gasteiger partial charge in [-0.1, -0.05) is 0 Å². The van der Waals surface area contributed by atoms with E-state index in [0.717, 1.165) is 25.5 Å². The number of nitrogens with zero attached hydrogens (tertiary/aromatic N) is 2. The fourth-order valence-corrected chi connectivity index (χ4v) is 2.86. The third-order valence-corrected chi connectivity index (χ3v) is 3.41. The van der Waals surface area contributed by atoms with Gasteiger partial charge in [-0.3, -0.25) is 10.0 Å². The van der Waals surface area contributed by atoms with Crippen LogP contribution in [0.15, 0.2) is 11.4 Å². The second-order valence-electron chi connectivity index (χ2n) is 3.23. The second-order valence-corrected chi connectivity index (χ2v) is 4.18. The van der Waals surface area contributed by atoms with Crippen molar-refractivity contribution in [3.63, 3.8) is 0 Å². The topological polar surface area (TPSA) is 30.5 Å². The Hall–Kier alpha value is -0.390. The molecular weight excluding hydrogens is 172 g/mol. The lowest BCUT2D eigenvalue weighted by molar-refractivity contribution is 0.133. The van der Waals surface area contributed by atoms with Crippen LogP contribution in [0.1, 0.15) is 0 Å². The van der Waals surface area contributed by atoms with Gasteiger partial charge >= 0.3 is 0 Å². The highest BCUT2D eigenvalue weighted by Crippen LogP contribution is 2.30. The minimum absolute atomic E-state index is 1.03. The molecular formula is C7H12N4S. The first kappa shape index (κ1) is 7.06. The molecule has 5 heteroatoms. The van der Waals surface area contributed by atoms with E-state index < -0.39 is 0 Å². The van der Waals surface area contributed by atoms with E-state index in [9.17, 15) is 0 Å². The Morgan fingerprint density at radius 2 is 2.25 bits per heavy atom. The maximum Gasteiger partial charge on any atom is 0.0818 e. The number of nitrogens with one attached hydrogen (secondary N) is 2. The summed E-state index contributed by atoms with van der Waals surface area (Å²) in [4.78, 5) is 0. The fraction of sp³-hybridized carbons (Fsp3) is 0.714. The minimum atomic E-state index is 1.03. The molecule has 2 N–H and O–H groups in total. The monoisotopic (exact) mass is 184 g/mol. The molecule has 2 fully saturated rings. The molecule has 0 saturated carbocycles. The van der Waals surface area contributed by atoms with Crippen LogP contribution in [0.5, 0.6) is 0 Å². The van der Waals surface area contributed by atoms with Gasteiger partial charge in [0.1, 0.15) is 0 Å². The Balaban J connectivity index is 1.94. The van der Waals surface area contributed by atoms with Gasteiger partial charge in [-0.25, -0.2) is 0 Å². The van der Waals surface area contributed by atoms with Crippen LogP contribution in [-0.4, -0.2) is 41.3 Å². The third-order valence-electron chi connectivity index (χ3n) is 2.49. The van der Waals surface area contributed by atoms with E-state index in [1.54, 1.807) is 0 Å². The number of hydrogen-bond acceptors (Lipinski definition) is 5. The summed E-state index contributed by atoms with van der Waals surface area (Å²) < 4.78 is 0. The molecule has 2 saturated heterocycles. The molecule has 0 aromatic carbocycles. The fourth-order valence-electron chi connectivity index (χ4n) is 1.86. The summed E-state index contributed by atoms with van der Waals surface area (Å²) in [6.45, 7) is 3.20. The molecule has 3 heterocycles. The van der Waals surface area contributed by atoms with Gasteiger partial charge < -0.3 is 5.32 Å². The van der Waals surface area contributed by atoms with Crippen LogP contribution in [0.3, 0.4) is 0 Å². The van der Waals surface area contributed by atoms with Crippen LogP contribution >= 0.6 is 11.8 Å². The molecule has 0 atom stereocenters. The molecule has 12 heavy (non-hydrogen) atoms. The highest BCUT2D eigenvalue weighted by atomic mass is 32.2. The van der Waals surface area contributed by atoms with E-state index in [4.69, 9.17) is 0 Å². The van der Waals surface area contributed by atoms with E-state index in [1.807, 2.05) is 11.8 Å². The van der Waals surface area contributed by atoms with Crippen LogP contribution in [0.2, 0.25) is 0 Å². The molecule has 3 rings (SSSR count). The number of fused-ring (bicyclic) bond motifs is 2. The maximum atomic E-state index is 3.39. The Morgan fingerprint density at radius 3 is 3.25 bits per heavy atom. The standard InChI is InChI=1S/C7H12N4S/c1-2-10-6(3-8-1)7-4-12-5-11(7)9-10/h8-9H,1-5H2. The predicted octanol–water partition coefficient (Wildman–Crippen LogP) is -0.457. The number of rotatable bonds is 0. The number of hydrogen-bond donors (Lipinski definition) is 2. The van der Waals surface area contributed by atoms with Crippen molar-refractivity contribution in [2.75, 3.05) is 31.3 Å². The van der Waals surface area contributed by atoms with Crippen LogP contribution in [0.4, 0.5) is 0 Å². The van der Waals surface area contributed by atoms with E-state index in [2.05, 4.69) is 20.9 Å². The molecule has 0 spiro atoms. The quantitative estimate of drug-likeness (QED) is 0.532. The highest BCUT2D eigenvalue weighted by Gasteiger charge is 2.33. The number of hydrazine groups is 2. The first-order chi connectivity index (χ1) is 5.95. The van der Waals surface area contributed by atoms with Crippen LogP contribution in [0, 0.1) is 0 Å². The van der Waals surface area contributed by atoms with E-state index in [0.29, 0.717) is 0 Å². The average Bonchev–Trinajstić information content (AvgIpc) is 2.62. The molecule has 0 aliphatic carbocycles. The van der Waals surface area contributed by atoms with Crippen molar-refractivity contribution in [1.82, 2.24) is 20.9 Å². The van der Waals surface area contributed by atoms with Crippen molar-refractivity contribution in [1.29, 1.82) is 0 Å². The summed E-state index contributed by atoms with van der Waals surface area (Å²) >= 11 is 1.97. The first-order valence-electron chi connectivity index (χ1n) is 4.27. The lowest BCUT2D eigenvalue weighted by Crippen LogP contribution is -2.47. The van der Waals surface area contributed by atoms with Crippen molar-refractivity contribution in [2.24, 2.45) is 0 Å². The summed E-state index contributed by atoms with van der Waals surface area (Å²) in [7, 11) is 0. The Kier molecular flexibility index (Phi) is 1.50.